The molecule has 1 N–H and O–H groups in total. The second-order valence-corrected chi connectivity index (χ2v) is 3.70. The molecule has 0 aliphatic heterocycles. The number of rotatable bonds is 4. The molecular formula is C11H7F2N3O4. The fourth-order valence-electron chi connectivity index (χ4n) is 1.45. The largest absolute Gasteiger partial charge is 0.360 e. The molecule has 0 saturated carbocycles. The molecule has 0 radical (unpaired) electrons. The highest BCUT2D eigenvalue weighted by atomic mass is 19.1. The van der Waals surface area contributed by atoms with Gasteiger partial charge in [-0.1, -0.05) is 5.16 Å². The third-order valence-corrected chi connectivity index (χ3v) is 2.39. The Morgan fingerprint density at radius 1 is 1.40 bits per heavy atom. The number of nitro groups is 1. The smallest absolute Gasteiger partial charge is 0.307 e. The first-order valence-corrected chi connectivity index (χ1v) is 5.30. The summed E-state index contributed by atoms with van der Waals surface area (Å²) in [5.74, 6) is -3.08. The maximum atomic E-state index is 13.5. The van der Waals surface area contributed by atoms with Crippen molar-refractivity contribution in [1.82, 2.24) is 10.5 Å². The zero-order valence-electron chi connectivity index (χ0n) is 9.80. The first kappa shape index (κ1) is 13.6. The van der Waals surface area contributed by atoms with Crippen LogP contribution in [0, 0.1) is 21.7 Å². The van der Waals surface area contributed by atoms with E-state index in [2.05, 4.69) is 10.5 Å². The van der Waals surface area contributed by atoms with E-state index in [1.807, 2.05) is 0 Å². The second kappa shape index (κ2) is 5.43. The van der Waals surface area contributed by atoms with Crippen LogP contribution < -0.4 is 5.32 Å². The number of nitrogens with zero attached hydrogens (tertiary/aromatic N) is 2. The molecule has 1 heterocycles. The molecule has 2 rings (SSSR count). The molecule has 0 fully saturated rings. The molecule has 0 aliphatic carbocycles. The van der Waals surface area contributed by atoms with Gasteiger partial charge in [-0.15, -0.1) is 0 Å². The summed E-state index contributed by atoms with van der Waals surface area (Å²) in [6.07, 6.45) is 1.35. The van der Waals surface area contributed by atoms with Crippen LogP contribution in [0.25, 0.3) is 0 Å². The molecule has 9 heteroatoms. The summed E-state index contributed by atoms with van der Waals surface area (Å²) < 4.78 is 31.6. The summed E-state index contributed by atoms with van der Waals surface area (Å²) in [6.45, 7) is -0.0725. The molecule has 0 unspecified atom stereocenters. The molecule has 1 aromatic heterocycles. The summed E-state index contributed by atoms with van der Waals surface area (Å²) in [5.41, 5.74) is -1.66. The van der Waals surface area contributed by atoms with E-state index < -0.39 is 33.7 Å². The Bertz CT molecular complexity index is 658. The van der Waals surface area contributed by atoms with Crippen LogP contribution in [0.1, 0.15) is 16.1 Å². The van der Waals surface area contributed by atoms with Gasteiger partial charge < -0.3 is 9.84 Å². The molecule has 0 aliphatic rings. The fourth-order valence-corrected chi connectivity index (χ4v) is 1.45. The van der Waals surface area contributed by atoms with Crippen molar-refractivity contribution in [3.63, 3.8) is 0 Å². The van der Waals surface area contributed by atoms with Crippen molar-refractivity contribution in [2.24, 2.45) is 0 Å². The maximum Gasteiger partial charge on any atom is 0.307 e. The topological polar surface area (TPSA) is 98.3 Å². The van der Waals surface area contributed by atoms with Crippen molar-refractivity contribution >= 4 is 11.6 Å². The van der Waals surface area contributed by atoms with E-state index in [-0.39, 0.29) is 6.54 Å². The minimum absolute atomic E-state index is 0.0725. The fraction of sp³-hybridized carbons (Fsp3) is 0.0909. The van der Waals surface area contributed by atoms with Crippen molar-refractivity contribution < 1.29 is 23.0 Å². The van der Waals surface area contributed by atoms with Gasteiger partial charge in [0.15, 0.2) is 5.76 Å². The van der Waals surface area contributed by atoms with Crippen LogP contribution in [0.15, 0.2) is 28.9 Å². The van der Waals surface area contributed by atoms with Crippen LogP contribution in [-0.2, 0) is 6.54 Å². The number of carbonyl (C=O) groups is 1. The Balaban J connectivity index is 2.17. The predicted octanol–water partition coefficient (Wildman–Crippen LogP) is 1.79. The SMILES string of the molecule is O=C(NCc1ccno1)c1cc(F)c([N+](=O)[O-])cc1F. The van der Waals surface area contributed by atoms with Gasteiger partial charge in [-0.2, -0.15) is 4.39 Å². The summed E-state index contributed by atoms with van der Waals surface area (Å²) in [7, 11) is 0. The predicted molar refractivity (Wildman–Crippen MR) is 60.7 cm³/mol. The zero-order chi connectivity index (χ0) is 14.7. The van der Waals surface area contributed by atoms with Gasteiger partial charge in [0, 0.05) is 6.07 Å². The first-order chi connectivity index (χ1) is 9.49. The maximum absolute atomic E-state index is 13.5. The average molecular weight is 283 g/mol. The summed E-state index contributed by atoms with van der Waals surface area (Å²) in [6, 6.07) is 2.31. The third-order valence-electron chi connectivity index (χ3n) is 2.39. The molecular weight excluding hydrogens is 276 g/mol. The number of nitro benzene ring substituents is 1. The zero-order valence-corrected chi connectivity index (χ0v) is 9.80. The first-order valence-electron chi connectivity index (χ1n) is 5.30. The Kier molecular flexibility index (Phi) is 3.69. The number of nitrogens with one attached hydrogen (secondary N) is 1. The molecule has 0 saturated heterocycles. The molecule has 7 nitrogen and oxygen atoms in total. The average Bonchev–Trinajstić information content (AvgIpc) is 2.91. The van der Waals surface area contributed by atoms with Gasteiger partial charge in [0.1, 0.15) is 5.82 Å². The standard InChI is InChI=1S/C11H7F2N3O4/c12-8-4-10(16(18)19)9(13)3-7(8)11(17)14-5-6-1-2-15-20-6/h1-4H,5H2,(H,14,17). The Hall–Kier alpha value is -2.84. The molecule has 20 heavy (non-hydrogen) atoms. The minimum atomic E-state index is -1.29. The Morgan fingerprint density at radius 2 is 2.15 bits per heavy atom. The highest BCUT2D eigenvalue weighted by Crippen LogP contribution is 2.21. The highest BCUT2D eigenvalue weighted by Gasteiger charge is 2.22. The van der Waals surface area contributed by atoms with Crippen LogP contribution >= 0.6 is 0 Å². The van der Waals surface area contributed by atoms with Crippen molar-refractivity contribution in [2.75, 3.05) is 0 Å². The van der Waals surface area contributed by atoms with Gasteiger partial charge in [0.2, 0.25) is 5.82 Å². The van der Waals surface area contributed by atoms with Gasteiger partial charge in [-0.3, -0.25) is 14.9 Å². The number of halogens is 2. The van der Waals surface area contributed by atoms with Gasteiger partial charge in [-0.25, -0.2) is 4.39 Å². The lowest BCUT2D eigenvalue weighted by molar-refractivity contribution is -0.387. The van der Waals surface area contributed by atoms with Crippen molar-refractivity contribution in [1.29, 1.82) is 0 Å². The summed E-state index contributed by atoms with van der Waals surface area (Å²) in [4.78, 5) is 21.0. The van der Waals surface area contributed by atoms with Crippen LogP contribution in [0.4, 0.5) is 14.5 Å². The number of aromatic nitrogens is 1. The van der Waals surface area contributed by atoms with Crippen molar-refractivity contribution in [2.45, 2.75) is 6.54 Å². The van der Waals surface area contributed by atoms with Crippen molar-refractivity contribution in [3.05, 3.63) is 57.5 Å². The number of hydrogen-bond donors (Lipinski definition) is 1. The Morgan fingerprint density at radius 3 is 2.75 bits per heavy atom. The summed E-state index contributed by atoms with van der Waals surface area (Å²) in [5, 5.41) is 16.1. The Labute approximate surface area is 110 Å². The highest BCUT2D eigenvalue weighted by molar-refractivity contribution is 5.94. The number of benzene rings is 1. The number of amides is 1. The van der Waals surface area contributed by atoms with E-state index in [0.717, 1.165) is 0 Å². The molecule has 0 bridgehead atoms. The quantitative estimate of drug-likeness (QED) is 0.681. The van der Waals surface area contributed by atoms with E-state index >= 15 is 0 Å². The third kappa shape index (κ3) is 2.76. The molecule has 1 amide bonds. The van der Waals surface area contributed by atoms with Crippen LogP contribution in [0.3, 0.4) is 0 Å². The van der Waals surface area contributed by atoms with Crippen LogP contribution in [-0.4, -0.2) is 16.0 Å². The minimum Gasteiger partial charge on any atom is -0.360 e. The van der Waals surface area contributed by atoms with Gasteiger partial charge in [0.25, 0.3) is 5.91 Å². The molecule has 0 atom stereocenters. The van der Waals surface area contributed by atoms with E-state index in [1.54, 1.807) is 0 Å². The lowest BCUT2D eigenvalue weighted by atomic mass is 10.1. The van der Waals surface area contributed by atoms with Crippen LogP contribution in [0.2, 0.25) is 0 Å². The van der Waals surface area contributed by atoms with Crippen molar-refractivity contribution in [3.8, 4) is 0 Å². The number of hydrogen-bond acceptors (Lipinski definition) is 5. The molecule has 104 valence electrons. The lowest BCUT2D eigenvalue weighted by Gasteiger charge is -2.04. The van der Waals surface area contributed by atoms with Gasteiger partial charge >= 0.3 is 5.69 Å². The monoisotopic (exact) mass is 283 g/mol. The number of carbonyl (C=O) groups excluding carboxylic acids is 1. The van der Waals surface area contributed by atoms with E-state index in [0.29, 0.717) is 17.9 Å². The lowest BCUT2D eigenvalue weighted by Crippen LogP contribution is -2.24. The van der Waals surface area contributed by atoms with E-state index in [9.17, 15) is 23.7 Å². The normalized spacial score (nSPS) is 10.3. The molecule has 0 spiro atoms. The molecule has 2 aromatic rings. The summed E-state index contributed by atoms with van der Waals surface area (Å²) >= 11 is 0. The second-order valence-electron chi connectivity index (χ2n) is 3.70. The van der Waals surface area contributed by atoms with Crippen LogP contribution in [0.5, 0.6) is 0 Å². The van der Waals surface area contributed by atoms with E-state index in [4.69, 9.17) is 4.52 Å². The molecule has 1 aromatic carbocycles. The van der Waals surface area contributed by atoms with Gasteiger partial charge in [-0.05, 0) is 6.07 Å². The van der Waals surface area contributed by atoms with Gasteiger partial charge in [0.05, 0.1) is 29.3 Å². The van der Waals surface area contributed by atoms with E-state index in [1.165, 1.54) is 12.3 Å².